The Morgan fingerprint density at radius 2 is 1.81 bits per heavy atom. The number of nitrogens with one attached hydrogen (secondary N) is 2. The topological polar surface area (TPSA) is 98.2 Å². The molecule has 9 heteroatoms. The molecule has 0 fully saturated rings. The maximum absolute atomic E-state index is 13.8. The predicted octanol–water partition coefficient (Wildman–Crippen LogP) is 5.23. The third-order valence-electron chi connectivity index (χ3n) is 6.31. The minimum Gasteiger partial charge on any atom is -0.493 e. The Balaban J connectivity index is 1.53. The summed E-state index contributed by atoms with van der Waals surface area (Å²) in [6, 6.07) is 18.7. The van der Waals surface area contributed by atoms with Gasteiger partial charge in [-0.2, -0.15) is 0 Å². The number of ether oxygens (including phenoxy) is 2. The molecule has 188 valence electrons. The van der Waals surface area contributed by atoms with Gasteiger partial charge < -0.3 is 19.8 Å². The molecule has 37 heavy (non-hydrogen) atoms. The lowest BCUT2D eigenvalue weighted by atomic mass is 10.1. The molecule has 8 nitrogen and oxygen atoms in total. The van der Waals surface area contributed by atoms with Crippen LogP contribution in [-0.2, 0) is 4.79 Å². The van der Waals surface area contributed by atoms with Gasteiger partial charge in [-0.05, 0) is 49.2 Å². The van der Waals surface area contributed by atoms with Gasteiger partial charge in [-0.1, -0.05) is 42.1 Å². The van der Waals surface area contributed by atoms with Crippen LogP contribution in [0.5, 0.6) is 11.5 Å². The van der Waals surface area contributed by atoms with Crippen LogP contribution in [0.25, 0.3) is 27.6 Å². The molecule has 0 aliphatic heterocycles. The van der Waals surface area contributed by atoms with Gasteiger partial charge in [-0.3, -0.25) is 14.2 Å². The molecule has 0 aliphatic carbocycles. The molecule has 2 heterocycles. The van der Waals surface area contributed by atoms with Crippen LogP contribution in [0.15, 0.2) is 70.6 Å². The standard InChI is InChI=1S/C28H26N4O4S/c1-16-8-7-11-21(17(16)2)32-27(34)26-25(19-9-5-6-10-20(19)30-26)31-28(32)37-15-24(33)29-18-12-13-22(35-3)23(14-18)36-4/h5-14,30H,15H2,1-4H3,(H,29,33). The van der Waals surface area contributed by atoms with E-state index in [-0.39, 0.29) is 17.2 Å². The van der Waals surface area contributed by atoms with E-state index in [1.54, 1.807) is 37.0 Å². The van der Waals surface area contributed by atoms with Crippen molar-refractivity contribution in [2.45, 2.75) is 19.0 Å². The minimum atomic E-state index is -0.238. The monoisotopic (exact) mass is 514 g/mol. The molecule has 0 atom stereocenters. The molecule has 0 spiro atoms. The van der Waals surface area contributed by atoms with Crippen LogP contribution in [-0.4, -0.2) is 40.4 Å². The van der Waals surface area contributed by atoms with Crippen LogP contribution in [0.4, 0.5) is 5.69 Å². The van der Waals surface area contributed by atoms with Gasteiger partial charge in [0, 0.05) is 22.7 Å². The fourth-order valence-electron chi connectivity index (χ4n) is 4.27. The Hall–Kier alpha value is -4.24. The number of carbonyl (C=O) groups is 1. The molecular formula is C28H26N4O4S. The Morgan fingerprint density at radius 1 is 1.03 bits per heavy atom. The van der Waals surface area contributed by atoms with Gasteiger partial charge in [0.15, 0.2) is 16.7 Å². The molecule has 1 amide bonds. The normalized spacial score (nSPS) is 11.1. The lowest BCUT2D eigenvalue weighted by Crippen LogP contribution is -2.23. The zero-order valence-corrected chi connectivity index (χ0v) is 21.7. The molecular weight excluding hydrogens is 488 g/mol. The molecule has 0 saturated carbocycles. The van der Waals surface area contributed by atoms with E-state index in [0.29, 0.717) is 33.4 Å². The summed E-state index contributed by atoms with van der Waals surface area (Å²) < 4.78 is 12.2. The first-order valence-electron chi connectivity index (χ1n) is 11.7. The second-order valence-electron chi connectivity index (χ2n) is 8.55. The number of H-pyrrole nitrogens is 1. The van der Waals surface area contributed by atoms with Crippen molar-refractivity contribution in [1.82, 2.24) is 14.5 Å². The van der Waals surface area contributed by atoms with Gasteiger partial charge in [0.1, 0.15) is 11.0 Å². The van der Waals surface area contributed by atoms with E-state index in [1.165, 1.54) is 11.8 Å². The van der Waals surface area contributed by atoms with Gasteiger partial charge in [0.05, 0.1) is 25.7 Å². The van der Waals surface area contributed by atoms with Crippen molar-refractivity contribution in [2.24, 2.45) is 0 Å². The lowest BCUT2D eigenvalue weighted by molar-refractivity contribution is -0.113. The molecule has 0 bridgehead atoms. The highest BCUT2D eigenvalue weighted by molar-refractivity contribution is 7.99. The van der Waals surface area contributed by atoms with Crippen LogP contribution in [0.1, 0.15) is 11.1 Å². The maximum Gasteiger partial charge on any atom is 0.283 e. The number of rotatable bonds is 7. The molecule has 2 N–H and O–H groups in total. The first-order chi connectivity index (χ1) is 17.9. The minimum absolute atomic E-state index is 0.0551. The van der Waals surface area contributed by atoms with E-state index in [1.807, 2.05) is 56.3 Å². The molecule has 0 saturated heterocycles. The second-order valence-corrected chi connectivity index (χ2v) is 9.50. The molecule has 5 aromatic rings. The number of fused-ring (bicyclic) bond motifs is 3. The zero-order chi connectivity index (χ0) is 26.1. The van der Waals surface area contributed by atoms with Gasteiger partial charge >= 0.3 is 0 Å². The third-order valence-corrected chi connectivity index (χ3v) is 7.25. The van der Waals surface area contributed by atoms with Crippen LogP contribution >= 0.6 is 11.8 Å². The van der Waals surface area contributed by atoms with Crippen molar-refractivity contribution in [3.05, 3.63) is 82.1 Å². The summed E-state index contributed by atoms with van der Waals surface area (Å²) in [6.07, 6.45) is 0. The van der Waals surface area contributed by atoms with Gasteiger partial charge in [0.25, 0.3) is 5.56 Å². The van der Waals surface area contributed by atoms with Crippen molar-refractivity contribution in [1.29, 1.82) is 0 Å². The maximum atomic E-state index is 13.8. The van der Waals surface area contributed by atoms with Crippen LogP contribution < -0.4 is 20.3 Å². The number of nitrogens with zero attached hydrogens (tertiary/aromatic N) is 2. The highest BCUT2D eigenvalue weighted by atomic mass is 32.2. The highest BCUT2D eigenvalue weighted by Gasteiger charge is 2.19. The van der Waals surface area contributed by atoms with Gasteiger partial charge in [0.2, 0.25) is 5.91 Å². The number of hydrogen-bond donors (Lipinski definition) is 2. The SMILES string of the molecule is COc1ccc(NC(=O)CSc2nc3c([nH]c4ccccc43)c(=O)n2-c2cccc(C)c2C)cc1OC. The van der Waals surface area contributed by atoms with E-state index >= 15 is 0 Å². The van der Waals surface area contributed by atoms with Crippen molar-refractivity contribution in [2.75, 3.05) is 25.3 Å². The van der Waals surface area contributed by atoms with Crippen LogP contribution in [0.3, 0.4) is 0 Å². The molecule has 3 aromatic carbocycles. The van der Waals surface area contributed by atoms with E-state index in [2.05, 4.69) is 10.3 Å². The Bertz CT molecular complexity index is 1710. The van der Waals surface area contributed by atoms with Crippen LogP contribution in [0, 0.1) is 13.8 Å². The van der Waals surface area contributed by atoms with E-state index in [4.69, 9.17) is 14.5 Å². The summed E-state index contributed by atoms with van der Waals surface area (Å²) in [5.74, 6) is 0.907. The van der Waals surface area contributed by atoms with Crippen molar-refractivity contribution in [3.8, 4) is 17.2 Å². The van der Waals surface area contributed by atoms with E-state index in [0.717, 1.165) is 27.7 Å². The fraction of sp³-hybridized carbons (Fsp3) is 0.179. The number of aromatic amines is 1. The summed E-state index contributed by atoms with van der Waals surface area (Å²) in [5.41, 5.74) is 4.99. The van der Waals surface area contributed by atoms with Gasteiger partial charge in [-0.15, -0.1) is 0 Å². The Kier molecular flexibility index (Phi) is 6.62. The number of para-hydroxylation sites is 1. The first-order valence-corrected chi connectivity index (χ1v) is 12.6. The number of amides is 1. The Morgan fingerprint density at radius 3 is 2.59 bits per heavy atom. The summed E-state index contributed by atoms with van der Waals surface area (Å²) in [6.45, 7) is 3.98. The molecule has 5 rings (SSSR count). The summed E-state index contributed by atoms with van der Waals surface area (Å²) >= 11 is 1.21. The number of aromatic nitrogens is 3. The number of methoxy groups -OCH3 is 2. The number of carbonyl (C=O) groups excluding carboxylic acids is 1. The third kappa shape index (κ3) is 4.53. The van der Waals surface area contributed by atoms with Crippen molar-refractivity contribution >= 4 is 45.3 Å². The smallest absolute Gasteiger partial charge is 0.283 e. The number of benzene rings is 3. The average Bonchev–Trinajstić information content (AvgIpc) is 3.28. The predicted molar refractivity (Wildman–Crippen MR) is 148 cm³/mol. The quantitative estimate of drug-likeness (QED) is 0.228. The first kappa shape index (κ1) is 24.5. The number of hydrogen-bond acceptors (Lipinski definition) is 6. The van der Waals surface area contributed by atoms with Crippen molar-refractivity contribution in [3.63, 3.8) is 0 Å². The summed E-state index contributed by atoms with van der Waals surface area (Å²) in [4.78, 5) is 34.8. The average molecular weight is 515 g/mol. The molecule has 0 unspecified atom stereocenters. The summed E-state index contributed by atoms with van der Waals surface area (Å²) in [7, 11) is 3.10. The van der Waals surface area contributed by atoms with Gasteiger partial charge in [-0.25, -0.2) is 4.98 Å². The molecule has 0 radical (unpaired) electrons. The Labute approximate surface area is 217 Å². The zero-order valence-electron chi connectivity index (χ0n) is 20.9. The highest BCUT2D eigenvalue weighted by Crippen LogP contribution is 2.31. The molecule has 2 aromatic heterocycles. The molecule has 0 aliphatic rings. The second kappa shape index (κ2) is 10.0. The summed E-state index contributed by atoms with van der Waals surface area (Å²) in [5, 5.41) is 4.18. The van der Waals surface area contributed by atoms with Crippen molar-refractivity contribution < 1.29 is 14.3 Å². The lowest BCUT2D eigenvalue weighted by Gasteiger charge is -2.15. The van der Waals surface area contributed by atoms with E-state index < -0.39 is 0 Å². The van der Waals surface area contributed by atoms with Crippen LogP contribution in [0.2, 0.25) is 0 Å². The number of thioether (sulfide) groups is 1. The largest absolute Gasteiger partial charge is 0.493 e. The number of aryl methyl sites for hydroxylation is 1. The number of anilines is 1. The van der Waals surface area contributed by atoms with E-state index in [9.17, 15) is 9.59 Å². The fourth-order valence-corrected chi connectivity index (χ4v) is 5.07.